The summed E-state index contributed by atoms with van der Waals surface area (Å²) >= 11 is 6.19. The predicted molar refractivity (Wildman–Crippen MR) is 97.4 cm³/mol. The van der Waals surface area contributed by atoms with E-state index in [1.807, 2.05) is 13.0 Å². The summed E-state index contributed by atoms with van der Waals surface area (Å²) in [5.41, 5.74) is 0.481. The Morgan fingerprint density at radius 3 is 2.81 bits per heavy atom. The van der Waals surface area contributed by atoms with Crippen LogP contribution in [0, 0.1) is 11.3 Å². The van der Waals surface area contributed by atoms with Crippen molar-refractivity contribution in [2.45, 2.75) is 31.2 Å². The third-order valence-electron chi connectivity index (χ3n) is 3.69. The number of rotatable bonds is 6. The van der Waals surface area contributed by atoms with E-state index in [2.05, 4.69) is 15.0 Å². The highest BCUT2D eigenvalue weighted by molar-refractivity contribution is 7.89. The Labute approximate surface area is 156 Å². The number of anilines is 1. The lowest BCUT2D eigenvalue weighted by Crippen LogP contribution is -2.32. The highest BCUT2D eigenvalue weighted by Gasteiger charge is 2.27. The molecule has 0 saturated carbocycles. The van der Waals surface area contributed by atoms with Gasteiger partial charge in [-0.1, -0.05) is 18.5 Å². The number of nitrogens with one attached hydrogen (secondary N) is 2. The standard InChI is InChI=1S/C16H18ClN5O3S/c1-4-10(2)21-26(24,25)13-9-22(3)15(14(13)17)16(23)20-11-5-6-19-12(7-11)8-18/h5-7,9-10,21H,4H2,1-3H3,(H,19,20,23). The first-order valence-corrected chi connectivity index (χ1v) is 9.60. The molecule has 2 heterocycles. The van der Waals surface area contributed by atoms with E-state index in [0.29, 0.717) is 12.1 Å². The second-order valence-corrected chi connectivity index (χ2v) is 7.75. The number of hydrogen-bond donors (Lipinski definition) is 2. The maximum atomic E-state index is 12.5. The number of amides is 1. The summed E-state index contributed by atoms with van der Waals surface area (Å²) in [5.74, 6) is -0.599. The normalized spacial score (nSPS) is 12.4. The van der Waals surface area contributed by atoms with Crippen LogP contribution in [0.2, 0.25) is 5.02 Å². The van der Waals surface area contributed by atoms with Crippen molar-refractivity contribution in [3.63, 3.8) is 0 Å². The molecular weight excluding hydrogens is 378 g/mol. The lowest BCUT2D eigenvalue weighted by molar-refractivity contribution is 0.101. The van der Waals surface area contributed by atoms with E-state index in [4.69, 9.17) is 16.9 Å². The predicted octanol–water partition coefficient (Wildman–Crippen LogP) is 2.27. The first kappa shape index (κ1) is 19.9. The van der Waals surface area contributed by atoms with E-state index in [9.17, 15) is 13.2 Å². The van der Waals surface area contributed by atoms with E-state index >= 15 is 0 Å². The highest BCUT2D eigenvalue weighted by Crippen LogP contribution is 2.28. The smallest absolute Gasteiger partial charge is 0.273 e. The molecule has 2 N–H and O–H groups in total. The van der Waals surface area contributed by atoms with Crippen molar-refractivity contribution in [2.24, 2.45) is 7.05 Å². The average molecular weight is 396 g/mol. The fourth-order valence-corrected chi connectivity index (χ4v) is 4.21. The van der Waals surface area contributed by atoms with Crippen LogP contribution in [0.4, 0.5) is 5.69 Å². The summed E-state index contributed by atoms with van der Waals surface area (Å²) in [6.45, 7) is 3.58. The SMILES string of the molecule is CCC(C)NS(=O)(=O)c1cn(C)c(C(=O)Nc2ccnc(C#N)c2)c1Cl. The summed E-state index contributed by atoms with van der Waals surface area (Å²) in [6.07, 6.45) is 3.28. The van der Waals surface area contributed by atoms with Crippen molar-refractivity contribution in [2.75, 3.05) is 5.32 Å². The lowest BCUT2D eigenvalue weighted by atomic mass is 10.3. The number of halogens is 1. The Morgan fingerprint density at radius 1 is 1.50 bits per heavy atom. The Kier molecular flexibility index (Phi) is 6.02. The number of aromatic nitrogens is 2. The summed E-state index contributed by atoms with van der Waals surface area (Å²) in [7, 11) is -2.33. The van der Waals surface area contributed by atoms with E-state index in [0.717, 1.165) is 0 Å². The summed E-state index contributed by atoms with van der Waals surface area (Å²) in [5, 5.41) is 11.3. The Bertz CT molecular complexity index is 978. The van der Waals surface area contributed by atoms with Crippen LogP contribution in [0.1, 0.15) is 36.5 Å². The minimum Gasteiger partial charge on any atom is -0.344 e. The van der Waals surface area contributed by atoms with Gasteiger partial charge in [-0.2, -0.15) is 5.26 Å². The van der Waals surface area contributed by atoms with Gasteiger partial charge in [-0.05, 0) is 25.5 Å². The van der Waals surface area contributed by atoms with Gasteiger partial charge in [0.15, 0.2) is 0 Å². The molecule has 1 atom stereocenters. The summed E-state index contributed by atoms with van der Waals surface area (Å²) < 4.78 is 28.8. The highest BCUT2D eigenvalue weighted by atomic mass is 35.5. The summed E-state index contributed by atoms with van der Waals surface area (Å²) in [6, 6.07) is 4.51. The van der Waals surface area contributed by atoms with Gasteiger partial charge < -0.3 is 9.88 Å². The largest absolute Gasteiger partial charge is 0.344 e. The molecule has 2 aromatic rings. The molecule has 138 valence electrons. The van der Waals surface area contributed by atoms with Crippen molar-refractivity contribution in [3.8, 4) is 6.07 Å². The van der Waals surface area contributed by atoms with E-state index in [1.54, 1.807) is 6.92 Å². The second-order valence-electron chi connectivity index (χ2n) is 5.69. The molecule has 2 aromatic heterocycles. The maximum Gasteiger partial charge on any atom is 0.273 e. The topological polar surface area (TPSA) is 117 Å². The molecule has 26 heavy (non-hydrogen) atoms. The van der Waals surface area contributed by atoms with Gasteiger partial charge in [0, 0.05) is 31.2 Å². The van der Waals surface area contributed by atoms with Gasteiger partial charge in [-0.25, -0.2) is 18.1 Å². The van der Waals surface area contributed by atoms with Gasteiger partial charge in [-0.15, -0.1) is 0 Å². The van der Waals surface area contributed by atoms with E-state index in [1.165, 1.54) is 36.1 Å². The number of nitrogens with zero attached hydrogens (tertiary/aromatic N) is 3. The quantitative estimate of drug-likeness (QED) is 0.778. The Morgan fingerprint density at radius 2 is 2.19 bits per heavy atom. The maximum absolute atomic E-state index is 12.5. The molecule has 0 saturated heterocycles. The first-order valence-electron chi connectivity index (χ1n) is 7.74. The number of carbonyl (C=O) groups excluding carboxylic acids is 1. The van der Waals surface area contributed by atoms with Gasteiger partial charge in [0.25, 0.3) is 5.91 Å². The van der Waals surface area contributed by atoms with Crippen LogP contribution in [0.5, 0.6) is 0 Å². The van der Waals surface area contributed by atoms with Crippen LogP contribution in [0.15, 0.2) is 29.4 Å². The molecule has 0 aromatic carbocycles. The molecule has 0 aliphatic carbocycles. The first-order chi connectivity index (χ1) is 12.2. The van der Waals surface area contributed by atoms with Crippen LogP contribution in [0.25, 0.3) is 0 Å². The van der Waals surface area contributed by atoms with Gasteiger partial charge in [-0.3, -0.25) is 4.79 Å². The molecule has 0 radical (unpaired) electrons. The van der Waals surface area contributed by atoms with Crippen molar-refractivity contribution >= 4 is 33.2 Å². The number of aryl methyl sites for hydroxylation is 1. The second kappa shape index (κ2) is 7.86. The minimum atomic E-state index is -3.86. The number of pyridine rings is 1. The number of hydrogen-bond acceptors (Lipinski definition) is 5. The number of nitriles is 1. The minimum absolute atomic E-state index is 0.00786. The van der Waals surface area contributed by atoms with Crippen LogP contribution in [-0.2, 0) is 17.1 Å². The third kappa shape index (κ3) is 4.22. The molecular formula is C16H18ClN5O3S. The molecule has 2 rings (SSSR count). The number of carbonyl (C=O) groups is 1. The van der Waals surface area contributed by atoms with Crippen LogP contribution < -0.4 is 10.0 Å². The van der Waals surface area contributed by atoms with E-state index in [-0.39, 0.29) is 27.3 Å². The molecule has 1 amide bonds. The van der Waals surface area contributed by atoms with Crippen LogP contribution in [-0.4, -0.2) is 29.9 Å². The van der Waals surface area contributed by atoms with Gasteiger partial charge in [0.05, 0.1) is 5.02 Å². The lowest BCUT2D eigenvalue weighted by Gasteiger charge is -2.11. The van der Waals surface area contributed by atoms with Crippen molar-refractivity contribution in [1.82, 2.24) is 14.3 Å². The monoisotopic (exact) mass is 395 g/mol. The van der Waals surface area contributed by atoms with Crippen molar-refractivity contribution < 1.29 is 13.2 Å². The fraction of sp³-hybridized carbons (Fsp3) is 0.312. The van der Waals surface area contributed by atoms with Crippen molar-refractivity contribution in [3.05, 3.63) is 40.9 Å². The molecule has 8 nitrogen and oxygen atoms in total. The summed E-state index contributed by atoms with van der Waals surface area (Å²) in [4.78, 5) is 16.2. The van der Waals surface area contributed by atoms with Gasteiger partial charge in [0.1, 0.15) is 22.4 Å². The Balaban J connectivity index is 2.35. The molecule has 1 unspecified atom stereocenters. The zero-order valence-electron chi connectivity index (χ0n) is 14.4. The van der Waals surface area contributed by atoms with Crippen molar-refractivity contribution in [1.29, 1.82) is 5.26 Å². The molecule has 0 bridgehead atoms. The van der Waals surface area contributed by atoms with Crippen LogP contribution in [0.3, 0.4) is 0 Å². The molecule has 0 aliphatic rings. The fourth-order valence-electron chi connectivity index (χ4n) is 2.19. The Hall–Kier alpha value is -2.41. The molecule has 0 aliphatic heterocycles. The number of sulfonamides is 1. The zero-order valence-corrected chi connectivity index (χ0v) is 16.0. The average Bonchev–Trinajstić information content (AvgIpc) is 2.90. The molecule has 10 heteroatoms. The molecule has 0 fully saturated rings. The van der Waals surface area contributed by atoms with Crippen LogP contribution >= 0.6 is 11.6 Å². The zero-order chi connectivity index (χ0) is 19.5. The van der Waals surface area contributed by atoms with Gasteiger partial charge >= 0.3 is 0 Å². The van der Waals surface area contributed by atoms with Gasteiger partial charge in [0.2, 0.25) is 10.0 Å². The third-order valence-corrected chi connectivity index (χ3v) is 5.79. The van der Waals surface area contributed by atoms with E-state index < -0.39 is 15.9 Å². The molecule has 0 spiro atoms.